The number of nitrogens with zero attached hydrogens (tertiary/aromatic N) is 1. The van der Waals surface area contributed by atoms with Crippen molar-refractivity contribution in [3.63, 3.8) is 0 Å². The largest absolute Gasteiger partial charge is 0.497 e. The normalized spacial score (nSPS) is 20.2. The van der Waals surface area contributed by atoms with Gasteiger partial charge in [0.05, 0.1) is 32.9 Å². The Labute approximate surface area is 118 Å². The Bertz CT molecular complexity index is 533. The molecule has 1 aliphatic carbocycles. The van der Waals surface area contributed by atoms with E-state index in [2.05, 4.69) is 0 Å². The van der Waals surface area contributed by atoms with Crippen LogP contribution in [0.25, 0.3) is 0 Å². The number of hydrogen-bond acceptors (Lipinski definition) is 4. The van der Waals surface area contributed by atoms with Crippen LogP contribution in [0.4, 0.5) is 0 Å². The van der Waals surface area contributed by atoms with Crippen LogP contribution >= 0.6 is 0 Å². The summed E-state index contributed by atoms with van der Waals surface area (Å²) in [7, 11) is 3.10. The van der Waals surface area contributed by atoms with E-state index < -0.39 is 5.60 Å². The smallest absolute Gasteiger partial charge is 0.257 e. The van der Waals surface area contributed by atoms with Gasteiger partial charge in [-0.25, -0.2) is 0 Å². The zero-order valence-electron chi connectivity index (χ0n) is 11.8. The molecular formula is C15H19NO4. The summed E-state index contributed by atoms with van der Waals surface area (Å²) in [5, 5.41) is 10.3. The summed E-state index contributed by atoms with van der Waals surface area (Å²) < 4.78 is 10.4. The molecule has 0 radical (unpaired) electrons. The first-order valence-corrected chi connectivity index (χ1v) is 6.81. The van der Waals surface area contributed by atoms with Gasteiger partial charge in [0.2, 0.25) is 0 Å². The number of ether oxygens (including phenoxy) is 2. The average Bonchev–Trinajstić information content (AvgIpc) is 3.27. The summed E-state index contributed by atoms with van der Waals surface area (Å²) in [4.78, 5) is 14.1. The minimum Gasteiger partial charge on any atom is -0.497 e. The number of aliphatic hydroxyl groups is 1. The Balaban J connectivity index is 1.77. The molecule has 1 N–H and O–H groups in total. The van der Waals surface area contributed by atoms with Crippen molar-refractivity contribution in [1.29, 1.82) is 0 Å². The minimum atomic E-state index is -0.665. The second kappa shape index (κ2) is 4.66. The first kappa shape index (κ1) is 13.2. The van der Waals surface area contributed by atoms with Crippen LogP contribution in [0.1, 0.15) is 23.2 Å². The van der Waals surface area contributed by atoms with Crippen LogP contribution in [0.2, 0.25) is 0 Å². The van der Waals surface area contributed by atoms with E-state index >= 15 is 0 Å². The highest BCUT2D eigenvalue weighted by atomic mass is 16.5. The molecule has 0 unspecified atom stereocenters. The maximum absolute atomic E-state index is 12.5. The molecule has 1 aliphatic heterocycles. The lowest BCUT2D eigenvalue weighted by molar-refractivity contribution is -0.0958. The predicted octanol–water partition coefficient (Wildman–Crippen LogP) is 1.30. The van der Waals surface area contributed by atoms with E-state index in [1.807, 2.05) is 0 Å². The standard InChI is InChI=1S/C15H19NO4/c1-19-11-5-6-13(20-2)12(7-11)14(17)16-8-15(18,9-16)10-3-4-10/h5-7,10,18H,3-4,8-9H2,1-2H3. The molecule has 1 saturated heterocycles. The summed E-state index contributed by atoms with van der Waals surface area (Å²) in [5.74, 6) is 1.40. The molecule has 2 aliphatic rings. The highest BCUT2D eigenvalue weighted by molar-refractivity contribution is 5.98. The zero-order valence-corrected chi connectivity index (χ0v) is 11.8. The lowest BCUT2D eigenvalue weighted by Crippen LogP contribution is -2.64. The summed E-state index contributed by atoms with van der Waals surface area (Å²) in [5.41, 5.74) is -0.188. The fourth-order valence-corrected chi connectivity index (χ4v) is 2.79. The predicted molar refractivity (Wildman–Crippen MR) is 73.1 cm³/mol. The van der Waals surface area contributed by atoms with Crippen molar-refractivity contribution >= 4 is 5.91 Å². The molecular weight excluding hydrogens is 258 g/mol. The third-order valence-corrected chi connectivity index (χ3v) is 4.19. The molecule has 108 valence electrons. The Hall–Kier alpha value is -1.75. The fraction of sp³-hybridized carbons (Fsp3) is 0.533. The number of hydrogen-bond donors (Lipinski definition) is 1. The highest BCUT2D eigenvalue weighted by Crippen LogP contribution is 2.45. The molecule has 20 heavy (non-hydrogen) atoms. The molecule has 1 aromatic rings. The first-order valence-electron chi connectivity index (χ1n) is 6.81. The second-order valence-corrected chi connectivity index (χ2v) is 5.61. The average molecular weight is 277 g/mol. The number of β-amino-alcohol motifs (C(OH)–C–C–N with tert-alkyl or cyclic N) is 1. The van der Waals surface area contributed by atoms with Gasteiger partial charge in [-0.05, 0) is 37.0 Å². The van der Waals surface area contributed by atoms with Gasteiger partial charge in [-0.15, -0.1) is 0 Å². The van der Waals surface area contributed by atoms with Crippen LogP contribution in [-0.2, 0) is 0 Å². The number of carbonyl (C=O) groups is 1. The minimum absolute atomic E-state index is 0.119. The molecule has 3 rings (SSSR count). The third-order valence-electron chi connectivity index (χ3n) is 4.19. The van der Waals surface area contributed by atoms with Crippen LogP contribution in [0.3, 0.4) is 0 Å². The lowest BCUT2D eigenvalue weighted by Gasteiger charge is -2.47. The van der Waals surface area contributed by atoms with Crippen molar-refractivity contribution in [2.45, 2.75) is 18.4 Å². The zero-order chi connectivity index (χ0) is 14.3. The van der Waals surface area contributed by atoms with E-state index in [1.165, 1.54) is 7.11 Å². The first-order chi connectivity index (χ1) is 9.57. The molecule has 0 spiro atoms. The molecule has 1 heterocycles. The van der Waals surface area contributed by atoms with Crippen molar-refractivity contribution < 1.29 is 19.4 Å². The van der Waals surface area contributed by atoms with Crippen LogP contribution in [0.5, 0.6) is 11.5 Å². The van der Waals surface area contributed by atoms with Crippen LogP contribution in [0.15, 0.2) is 18.2 Å². The summed E-state index contributed by atoms with van der Waals surface area (Å²) in [6.07, 6.45) is 2.14. The summed E-state index contributed by atoms with van der Waals surface area (Å²) in [6, 6.07) is 5.15. The quantitative estimate of drug-likeness (QED) is 0.901. The van der Waals surface area contributed by atoms with Gasteiger partial charge in [-0.2, -0.15) is 0 Å². The number of methoxy groups -OCH3 is 2. The van der Waals surface area contributed by atoms with Crippen molar-refractivity contribution in [1.82, 2.24) is 4.90 Å². The molecule has 1 saturated carbocycles. The molecule has 1 aromatic carbocycles. The van der Waals surface area contributed by atoms with Gasteiger partial charge in [-0.3, -0.25) is 4.79 Å². The fourth-order valence-electron chi connectivity index (χ4n) is 2.79. The number of amides is 1. The highest BCUT2D eigenvalue weighted by Gasteiger charge is 2.53. The molecule has 5 nitrogen and oxygen atoms in total. The van der Waals surface area contributed by atoms with E-state index in [1.54, 1.807) is 30.2 Å². The van der Waals surface area contributed by atoms with Crippen molar-refractivity contribution in [3.8, 4) is 11.5 Å². The number of carbonyl (C=O) groups excluding carboxylic acids is 1. The number of rotatable bonds is 4. The van der Waals surface area contributed by atoms with Gasteiger partial charge in [0.15, 0.2) is 0 Å². The maximum atomic E-state index is 12.5. The van der Waals surface area contributed by atoms with E-state index in [0.29, 0.717) is 36.1 Å². The van der Waals surface area contributed by atoms with Crippen molar-refractivity contribution in [3.05, 3.63) is 23.8 Å². The van der Waals surface area contributed by atoms with Gasteiger partial charge < -0.3 is 19.5 Å². The molecule has 0 aromatic heterocycles. The van der Waals surface area contributed by atoms with Crippen LogP contribution in [-0.4, -0.2) is 48.8 Å². The van der Waals surface area contributed by atoms with Crippen LogP contribution < -0.4 is 9.47 Å². The maximum Gasteiger partial charge on any atom is 0.257 e. The van der Waals surface area contributed by atoms with Crippen molar-refractivity contribution in [2.24, 2.45) is 5.92 Å². The van der Waals surface area contributed by atoms with E-state index in [0.717, 1.165) is 12.8 Å². The molecule has 2 fully saturated rings. The second-order valence-electron chi connectivity index (χ2n) is 5.61. The molecule has 5 heteroatoms. The van der Waals surface area contributed by atoms with E-state index in [9.17, 15) is 9.90 Å². The topological polar surface area (TPSA) is 59.0 Å². The third kappa shape index (κ3) is 2.12. The summed E-state index contributed by atoms with van der Waals surface area (Å²) >= 11 is 0. The van der Waals surface area contributed by atoms with Gasteiger partial charge in [0, 0.05) is 0 Å². The van der Waals surface area contributed by atoms with E-state index in [4.69, 9.17) is 9.47 Å². The lowest BCUT2D eigenvalue weighted by atomic mass is 9.88. The van der Waals surface area contributed by atoms with Crippen LogP contribution in [0, 0.1) is 5.92 Å². The SMILES string of the molecule is COc1ccc(OC)c(C(=O)N2CC(O)(C3CC3)C2)c1. The Morgan fingerprint density at radius 2 is 2.00 bits per heavy atom. The van der Waals surface area contributed by atoms with Gasteiger partial charge in [0.25, 0.3) is 5.91 Å². The van der Waals surface area contributed by atoms with Gasteiger partial charge >= 0.3 is 0 Å². The Morgan fingerprint density at radius 3 is 2.55 bits per heavy atom. The monoisotopic (exact) mass is 277 g/mol. The van der Waals surface area contributed by atoms with E-state index in [-0.39, 0.29) is 5.91 Å². The van der Waals surface area contributed by atoms with Gasteiger partial charge in [0.1, 0.15) is 17.1 Å². The molecule has 1 amide bonds. The summed E-state index contributed by atoms with van der Waals surface area (Å²) in [6.45, 7) is 0.827. The van der Waals surface area contributed by atoms with Gasteiger partial charge in [-0.1, -0.05) is 0 Å². The van der Waals surface area contributed by atoms with Crippen molar-refractivity contribution in [2.75, 3.05) is 27.3 Å². The number of likely N-dealkylation sites (tertiary alicyclic amines) is 1. The molecule has 0 atom stereocenters. The molecule has 0 bridgehead atoms. The number of benzene rings is 1. The Kier molecular flexibility index (Phi) is 3.09. The Morgan fingerprint density at radius 1 is 1.30 bits per heavy atom.